The lowest BCUT2D eigenvalue weighted by Crippen LogP contribution is -2.40. The summed E-state index contributed by atoms with van der Waals surface area (Å²) in [7, 11) is 0. The second-order valence-corrected chi connectivity index (χ2v) is 10.1. The Balaban J connectivity index is 1.55. The first-order chi connectivity index (χ1) is 17.3. The predicted octanol–water partition coefficient (Wildman–Crippen LogP) is 5.41. The van der Waals surface area contributed by atoms with Crippen LogP contribution in [-0.2, 0) is 14.4 Å². The number of ketones is 1. The molecule has 0 unspecified atom stereocenters. The Morgan fingerprint density at radius 3 is 1.56 bits per heavy atom. The molecule has 1 heterocycles. The number of Topliss-reactive ketones (excluding diaryl/α,β-unsaturated/α-hetero) is 1. The predicted molar refractivity (Wildman–Crippen MR) is 138 cm³/mol. The van der Waals surface area contributed by atoms with E-state index in [1.54, 1.807) is 24.3 Å². The summed E-state index contributed by atoms with van der Waals surface area (Å²) >= 11 is 0. The molecule has 0 radical (unpaired) electrons. The molecule has 5 heteroatoms. The Morgan fingerprint density at radius 1 is 0.694 bits per heavy atom. The third-order valence-corrected chi connectivity index (χ3v) is 8.31. The number of fused-ring (bicyclic) bond motifs is 5. The first kappa shape index (κ1) is 22.5. The third kappa shape index (κ3) is 2.68. The van der Waals surface area contributed by atoms with Gasteiger partial charge in [-0.05, 0) is 67.3 Å². The molecule has 2 amide bonds. The number of ether oxygens (including phenoxy) is 1. The van der Waals surface area contributed by atoms with E-state index in [9.17, 15) is 14.4 Å². The zero-order valence-electron chi connectivity index (χ0n) is 20.5. The van der Waals surface area contributed by atoms with Gasteiger partial charge in [0, 0.05) is 0 Å². The van der Waals surface area contributed by atoms with Gasteiger partial charge < -0.3 is 4.74 Å². The minimum absolute atomic E-state index is 0.0456. The average Bonchev–Trinajstić information content (AvgIpc) is 3.35. The summed E-state index contributed by atoms with van der Waals surface area (Å²) in [5.41, 5.74) is 1.82. The van der Waals surface area contributed by atoms with E-state index in [0.717, 1.165) is 22.3 Å². The first-order valence-electron chi connectivity index (χ1n) is 12.4. The molecule has 3 aliphatic rings. The van der Waals surface area contributed by atoms with Gasteiger partial charge in [0.25, 0.3) is 0 Å². The summed E-state index contributed by atoms with van der Waals surface area (Å²) in [6, 6.07) is 26.6. The highest BCUT2D eigenvalue weighted by molar-refractivity contribution is 6.34. The molecule has 2 fully saturated rings. The fourth-order valence-electron chi connectivity index (χ4n) is 6.92. The number of rotatable bonds is 5. The summed E-state index contributed by atoms with van der Waals surface area (Å²) in [4.78, 5) is 43.6. The van der Waals surface area contributed by atoms with Crippen LogP contribution in [0.25, 0.3) is 11.1 Å². The van der Waals surface area contributed by atoms with E-state index in [-0.39, 0.29) is 17.6 Å². The van der Waals surface area contributed by atoms with E-state index < -0.39 is 22.7 Å². The Labute approximate surface area is 210 Å². The van der Waals surface area contributed by atoms with Crippen LogP contribution in [0.3, 0.4) is 0 Å². The zero-order valence-corrected chi connectivity index (χ0v) is 20.5. The van der Waals surface area contributed by atoms with Gasteiger partial charge in [-0.2, -0.15) is 0 Å². The molecule has 1 saturated heterocycles. The molecule has 4 atom stereocenters. The summed E-state index contributed by atoms with van der Waals surface area (Å²) < 4.78 is 5.53. The van der Waals surface area contributed by atoms with Crippen LogP contribution >= 0.6 is 0 Å². The monoisotopic (exact) mass is 477 g/mol. The molecule has 3 aromatic rings. The van der Waals surface area contributed by atoms with E-state index in [2.05, 4.69) is 0 Å². The molecule has 0 N–H and O–H groups in total. The average molecular weight is 478 g/mol. The van der Waals surface area contributed by atoms with Gasteiger partial charge in [0.1, 0.15) is 5.75 Å². The lowest BCUT2D eigenvalue weighted by molar-refractivity contribution is -0.133. The third-order valence-electron chi connectivity index (χ3n) is 8.31. The normalized spacial score (nSPS) is 28.8. The summed E-state index contributed by atoms with van der Waals surface area (Å²) in [6.45, 7) is 6.16. The SMILES string of the molecule is CCOc1ccc(N2C(=O)[C@@H]3[C@H](C2=O)[C@@]2(C)C(=O)[C@@]3(C)C(c3ccccc3)=C2c2ccccc2)cc1. The molecular formula is C31H27NO4. The van der Waals surface area contributed by atoms with Gasteiger partial charge >= 0.3 is 0 Å². The Bertz CT molecular complexity index is 1340. The number of amides is 2. The number of hydrogen-bond donors (Lipinski definition) is 0. The second-order valence-electron chi connectivity index (χ2n) is 10.1. The maximum atomic E-state index is 14.3. The molecule has 0 aromatic heterocycles. The van der Waals surface area contributed by atoms with Gasteiger partial charge in [-0.1, -0.05) is 60.7 Å². The standard InChI is InChI=1S/C31H27NO4/c1-4-36-22-17-15-21(16-18-22)32-27(33)25-26(28(32)34)31(3)24(20-13-9-6-10-14-20)23(30(25,2)29(31)35)19-11-7-5-8-12-19/h5-18,25-26H,4H2,1-3H3/t25-,26+,30-,31-/m0/s1. The molecule has 0 spiro atoms. The van der Waals surface area contributed by atoms with Crippen LogP contribution in [0.4, 0.5) is 5.69 Å². The van der Waals surface area contributed by atoms with Gasteiger partial charge in [0.15, 0.2) is 5.78 Å². The number of allylic oxidation sites excluding steroid dienone is 2. The van der Waals surface area contributed by atoms with Crippen molar-refractivity contribution in [3.63, 3.8) is 0 Å². The molecule has 1 saturated carbocycles. The highest BCUT2D eigenvalue weighted by Gasteiger charge is 2.78. The molecule has 2 aliphatic carbocycles. The van der Waals surface area contributed by atoms with Crippen LogP contribution in [0.15, 0.2) is 84.9 Å². The largest absolute Gasteiger partial charge is 0.494 e. The smallest absolute Gasteiger partial charge is 0.239 e. The molecule has 2 bridgehead atoms. The Hall–Kier alpha value is -3.99. The van der Waals surface area contributed by atoms with Crippen LogP contribution in [0.5, 0.6) is 5.75 Å². The van der Waals surface area contributed by atoms with Crippen LogP contribution in [0.1, 0.15) is 31.9 Å². The fraction of sp³-hybridized carbons (Fsp3) is 0.258. The number of nitrogens with zero attached hydrogens (tertiary/aromatic N) is 1. The fourth-order valence-corrected chi connectivity index (χ4v) is 6.92. The topological polar surface area (TPSA) is 63.7 Å². The lowest BCUT2D eigenvalue weighted by atomic mass is 9.63. The Morgan fingerprint density at radius 2 is 1.14 bits per heavy atom. The number of hydrogen-bond acceptors (Lipinski definition) is 4. The van der Waals surface area contributed by atoms with Crippen molar-refractivity contribution in [1.82, 2.24) is 0 Å². The van der Waals surface area contributed by atoms with Crippen molar-refractivity contribution >= 4 is 34.4 Å². The highest BCUT2D eigenvalue weighted by atomic mass is 16.5. The van der Waals surface area contributed by atoms with Gasteiger partial charge in [0.2, 0.25) is 11.8 Å². The van der Waals surface area contributed by atoms with Gasteiger partial charge in [-0.25, -0.2) is 4.90 Å². The molecule has 3 aromatic carbocycles. The molecule has 6 rings (SSSR count). The quantitative estimate of drug-likeness (QED) is 0.461. The zero-order chi connectivity index (χ0) is 25.2. The van der Waals surface area contributed by atoms with Crippen molar-refractivity contribution in [3.05, 3.63) is 96.1 Å². The minimum atomic E-state index is -1.11. The van der Waals surface area contributed by atoms with Crippen LogP contribution < -0.4 is 9.64 Å². The van der Waals surface area contributed by atoms with E-state index in [1.807, 2.05) is 81.4 Å². The maximum Gasteiger partial charge on any atom is 0.239 e. The molecule has 36 heavy (non-hydrogen) atoms. The molecule has 180 valence electrons. The lowest BCUT2D eigenvalue weighted by Gasteiger charge is -2.35. The van der Waals surface area contributed by atoms with Gasteiger partial charge in [-0.3, -0.25) is 14.4 Å². The number of anilines is 1. The van der Waals surface area contributed by atoms with Crippen LogP contribution in [-0.4, -0.2) is 24.2 Å². The molecular weight excluding hydrogens is 450 g/mol. The summed E-state index contributed by atoms with van der Waals surface area (Å²) in [5, 5.41) is 0. The van der Waals surface area contributed by atoms with E-state index in [1.165, 1.54) is 4.90 Å². The summed E-state index contributed by atoms with van der Waals surface area (Å²) in [6.07, 6.45) is 0. The van der Waals surface area contributed by atoms with Gasteiger partial charge in [-0.15, -0.1) is 0 Å². The van der Waals surface area contributed by atoms with Crippen molar-refractivity contribution < 1.29 is 19.1 Å². The van der Waals surface area contributed by atoms with Crippen LogP contribution in [0.2, 0.25) is 0 Å². The maximum absolute atomic E-state index is 14.3. The highest BCUT2D eigenvalue weighted by Crippen LogP contribution is 2.73. The van der Waals surface area contributed by atoms with Crippen molar-refractivity contribution in [1.29, 1.82) is 0 Å². The molecule has 1 aliphatic heterocycles. The first-order valence-corrected chi connectivity index (χ1v) is 12.4. The summed E-state index contributed by atoms with van der Waals surface area (Å²) in [5.74, 6) is -1.50. The number of carbonyl (C=O) groups excluding carboxylic acids is 3. The van der Waals surface area contributed by atoms with E-state index in [4.69, 9.17) is 4.74 Å². The molecule has 5 nitrogen and oxygen atoms in total. The minimum Gasteiger partial charge on any atom is -0.494 e. The van der Waals surface area contributed by atoms with Crippen molar-refractivity contribution in [2.45, 2.75) is 20.8 Å². The van der Waals surface area contributed by atoms with Gasteiger partial charge in [0.05, 0.1) is 35.0 Å². The van der Waals surface area contributed by atoms with Crippen LogP contribution in [0, 0.1) is 22.7 Å². The van der Waals surface area contributed by atoms with Crippen molar-refractivity contribution in [3.8, 4) is 5.75 Å². The van der Waals surface area contributed by atoms with E-state index >= 15 is 0 Å². The number of benzene rings is 3. The number of imide groups is 1. The Kier molecular flexibility index (Phi) is 4.84. The second kappa shape index (κ2) is 7.76. The van der Waals surface area contributed by atoms with Crippen molar-refractivity contribution in [2.24, 2.45) is 22.7 Å². The van der Waals surface area contributed by atoms with E-state index in [0.29, 0.717) is 18.0 Å². The number of carbonyl (C=O) groups is 3. The van der Waals surface area contributed by atoms with Crippen molar-refractivity contribution in [2.75, 3.05) is 11.5 Å².